The van der Waals surface area contributed by atoms with Crippen LogP contribution in [0.5, 0.6) is 0 Å². The number of sulfone groups is 1. The average Bonchev–Trinajstić information content (AvgIpc) is 2.31. The molecule has 0 radical (unpaired) electrons. The molecule has 8 heteroatoms. The number of methoxy groups -OCH3 is 2. The zero-order valence-corrected chi connectivity index (χ0v) is 11.5. The van der Waals surface area contributed by atoms with Crippen molar-refractivity contribution in [3.63, 3.8) is 0 Å². The molecule has 1 atom stereocenters. The molecule has 0 aromatic rings. The molecule has 0 aliphatic rings. The van der Waals surface area contributed by atoms with E-state index in [2.05, 4.69) is 10.1 Å². The van der Waals surface area contributed by atoms with Gasteiger partial charge in [0.05, 0.1) is 37.7 Å². The van der Waals surface area contributed by atoms with Gasteiger partial charge in [-0.25, -0.2) is 8.42 Å². The molecule has 0 aromatic heterocycles. The van der Waals surface area contributed by atoms with E-state index < -0.39 is 21.9 Å². The van der Waals surface area contributed by atoms with Crippen LogP contribution in [0.2, 0.25) is 0 Å². The van der Waals surface area contributed by atoms with Gasteiger partial charge in [-0.2, -0.15) is 0 Å². The molecule has 0 heterocycles. The van der Waals surface area contributed by atoms with E-state index in [1.54, 1.807) is 7.11 Å². The first-order chi connectivity index (χ1) is 8.41. The largest absolute Gasteiger partial charge is 0.469 e. The third-order valence-electron chi connectivity index (χ3n) is 2.15. The maximum Gasteiger partial charge on any atom is 0.306 e. The number of ether oxygens (including phenoxy) is 2. The molecule has 0 saturated carbocycles. The van der Waals surface area contributed by atoms with Gasteiger partial charge in [0.15, 0.2) is 9.84 Å². The normalized spacial score (nSPS) is 13.3. The molecule has 0 aromatic carbocycles. The van der Waals surface area contributed by atoms with Crippen molar-refractivity contribution in [1.82, 2.24) is 5.32 Å². The van der Waals surface area contributed by atoms with E-state index >= 15 is 0 Å². The fourth-order valence-corrected chi connectivity index (χ4v) is 2.57. The van der Waals surface area contributed by atoms with Crippen LogP contribution in [0, 0.1) is 0 Å². The van der Waals surface area contributed by atoms with Crippen molar-refractivity contribution in [2.24, 2.45) is 0 Å². The summed E-state index contributed by atoms with van der Waals surface area (Å²) in [6.45, 7) is 1.19. The molecular formula is C10H21NO6S. The van der Waals surface area contributed by atoms with Gasteiger partial charge in [0.25, 0.3) is 0 Å². The predicted octanol–water partition coefficient (Wildman–Crippen LogP) is -1.44. The second-order valence-electron chi connectivity index (χ2n) is 3.79. The van der Waals surface area contributed by atoms with Crippen LogP contribution >= 0.6 is 0 Å². The number of hydrogen-bond acceptors (Lipinski definition) is 7. The fourth-order valence-electron chi connectivity index (χ4n) is 1.22. The molecular weight excluding hydrogens is 262 g/mol. The summed E-state index contributed by atoms with van der Waals surface area (Å²) in [5, 5.41) is 12.4. The summed E-state index contributed by atoms with van der Waals surface area (Å²) in [7, 11) is -0.702. The van der Waals surface area contributed by atoms with Gasteiger partial charge >= 0.3 is 5.97 Å². The Balaban J connectivity index is 3.89. The summed E-state index contributed by atoms with van der Waals surface area (Å²) in [6, 6.07) is 0. The molecule has 0 aliphatic carbocycles. The van der Waals surface area contributed by atoms with Crippen LogP contribution in [0.1, 0.15) is 6.42 Å². The first kappa shape index (κ1) is 17.3. The highest BCUT2D eigenvalue weighted by molar-refractivity contribution is 7.91. The van der Waals surface area contributed by atoms with Crippen LogP contribution < -0.4 is 5.32 Å². The molecule has 0 bridgehead atoms. The van der Waals surface area contributed by atoms with E-state index in [-0.39, 0.29) is 24.5 Å². The van der Waals surface area contributed by atoms with Crippen LogP contribution in [0.25, 0.3) is 0 Å². The van der Waals surface area contributed by atoms with Crippen molar-refractivity contribution < 1.29 is 27.8 Å². The second-order valence-corrected chi connectivity index (χ2v) is 6.02. The van der Waals surface area contributed by atoms with E-state index in [4.69, 9.17) is 4.74 Å². The molecule has 7 nitrogen and oxygen atoms in total. The minimum atomic E-state index is -3.45. The summed E-state index contributed by atoms with van der Waals surface area (Å²) in [4.78, 5) is 10.8. The highest BCUT2D eigenvalue weighted by Crippen LogP contribution is 1.98. The fraction of sp³-hybridized carbons (Fsp3) is 0.900. The van der Waals surface area contributed by atoms with Crippen molar-refractivity contribution >= 4 is 15.8 Å². The molecule has 1 unspecified atom stereocenters. The number of carbonyl (C=O) groups is 1. The number of esters is 1. The lowest BCUT2D eigenvalue weighted by atomic mass is 10.4. The first-order valence-corrected chi connectivity index (χ1v) is 7.38. The molecule has 18 heavy (non-hydrogen) atoms. The van der Waals surface area contributed by atoms with E-state index in [0.717, 1.165) is 0 Å². The van der Waals surface area contributed by atoms with Crippen molar-refractivity contribution in [2.45, 2.75) is 12.5 Å². The predicted molar refractivity (Wildman–Crippen MR) is 66.0 cm³/mol. The van der Waals surface area contributed by atoms with Crippen molar-refractivity contribution in [3.05, 3.63) is 0 Å². The molecule has 0 rings (SSSR count). The summed E-state index contributed by atoms with van der Waals surface area (Å²) in [5.41, 5.74) is 0. The Morgan fingerprint density at radius 3 is 2.61 bits per heavy atom. The van der Waals surface area contributed by atoms with Crippen LogP contribution in [0.3, 0.4) is 0 Å². The second kappa shape index (κ2) is 9.26. The van der Waals surface area contributed by atoms with Crippen molar-refractivity contribution in [3.8, 4) is 0 Å². The van der Waals surface area contributed by atoms with E-state index in [1.165, 1.54) is 7.11 Å². The Bertz CT molecular complexity index is 329. The molecule has 0 fully saturated rings. The summed E-state index contributed by atoms with van der Waals surface area (Å²) >= 11 is 0. The Morgan fingerprint density at radius 2 is 2.06 bits per heavy atom. The Hall–Kier alpha value is -0.700. The minimum Gasteiger partial charge on any atom is -0.469 e. The van der Waals surface area contributed by atoms with Crippen molar-refractivity contribution in [1.29, 1.82) is 0 Å². The van der Waals surface area contributed by atoms with Gasteiger partial charge in [0, 0.05) is 20.2 Å². The number of nitrogens with one attached hydrogen (secondary N) is 1. The monoisotopic (exact) mass is 283 g/mol. The van der Waals surface area contributed by atoms with Gasteiger partial charge in [-0.05, 0) is 0 Å². The van der Waals surface area contributed by atoms with Crippen molar-refractivity contribution in [2.75, 3.05) is 45.4 Å². The molecule has 0 aliphatic heterocycles. The van der Waals surface area contributed by atoms with E-state index in [0.29, 0.717) is 13.2 Å². The van der Waals surface area contributed by atoms with E-state index in [9.17, 15) is 18.3 Å². The number of aliphatic hydroxyl groups is 1. The highest BCUT2D eigenvalue weighted by Gasteiger charge is 2.18. The van der Waals surface area contributed by atoms with Gasteiger partial charge in [-0.15, -0.1) is 0 Å². The first-order valence-electron chi connectivity index (χ1n) is 5.56. The maximum atomic E-state index is 11.5. The topological polar surface area (TPSA) is 102 Å². The van der Waals surface area contributed by atoms with Gasteiger partial charge in [-0.3, -0.25) is 4.79 Å². The Labute approximate surface area is 107 Å². The summed E-state index contributed by atoms with van der Waals surface area (Å²) in [5.74, 6) is -1.26. The third-order valence-corrected chi connectivity index (χ3v) is 3.87. The standard InChI is InChI=1S/C10H21NO6S/c1-16-5-4-11-7-9(12)8-18(14,15)6-3-10(13)17-2/h9,11-12H,3-8H2,1-2H3. The van der Waals surface area contributed by atoms with Gasteiger partial charge in [-0.1, -0.05) is 0 Å². The van der Waals surface area contributed by atoms with Crippen LogP contribution in [0.15, 0.2) is 0 Å². The molecule has 0 amide bonds. The number of carbonyl (C=O) groups excluding carboxylic acids is 1. The van der Waals surface area contributed by atoms with Gasteiger partial charge in [0.2, 0.25) is 0 Å². The number of aliphatic hydroxyl groups excluding tert-OH is 1. The zero-order chi connectivity index (χ0) is 14.0. The minimum absolute atomic E-state index is 0.167. The Kier molecular flexibility index (Phi) is 8.90. The zero-order valence-electron chi connectivity index (χ0n) is 10.7. The quantitative estimate of drug-likeness (QED) is 0.374. The highest BCUT2D eigenvalue weighted by atomic mass is 32.2. The number of hydrogen-bond donors (Lipinski definition) is 2. The number of rotatable bonds is 10. The third kappa shape index (κ3) is 9.34. The van der Waals surface area contributed by atoms with E-state index in [1.807, 2.05) is 0 Å². The summed E-state index contributed by atoms with van der Waals surface area (Å²) in [6.07, 6.45) is -1.19. The lowest BCUT2D eigenvalue weighted by Gasteiger charge is -2.11. The SMILES string of the molecule is COCCNCC(O)CS(=O)(=O)CCC(=O)OC. The summed E-state index contributed by atoms with van der Waals surface area (Å²) < 4.78 is 32.2. The molecule has 2 N–H and O–H groups in total. The van der Waals surface area contributed by atoms with Crippen LogP contribution in [-0.4, -0.2) is 71.0 Å². The average molecular weight is 283 g/mol. The van der Waals surface area contributed by atoms with Gasteiger partial charge < -0.3 is 19.9 Å². The molecule has 0 saturated heterocycles. The van der Waals surface area contributed by atoms with Crippen LogP contribution in [0.4, 0.5) is 0 Å². The van der Waals surface area contributed by atoms with Gasteiger partial charge in [0.1, 0.15) is 0 Å². The lowest BCUT2D eigenvalue weighted by molar-refractivity contribution is -0.140. The Morgan fingerprint density at radius 1 is 1.39 bits per heavy atom. The smallest absolute Gasteiger partial charge is 0.306 e. The maximum absolute atomic E-state index is 11.5. The molecule has 0 spiro atoms. The molecule has 108 valence electrons. The lowest BCUT2D eigenvalue weighted by Crippen LogP contribution is -2.35. The van der Waals surface area contributed by atoms with Crippen LogP contribution in [-0.2, 0) is 24.1 Å².